The van der Waals surface area contributed by atoms with Gasteiger partial charge in [0.1, 0.15) is 6.04 Å². The lowest BCUT2D eigenvalue weighted by Crippen LogP contribution is -2.58. The highest BCUT2D eigenvalue weighted by Crippen LogP contribution is 2.34. The van der Waals surface area contributed by atoms with Crippen LogP contribution in [0.1, 0.15) is 27.5 Å². The molecular formula is C44H50N20O11. The molecule has 5 rings (SSSR count). The number of nitrogens with zero attached hydrogens (tertiary/aromatic N) is 6. The van der Waals surface area contributed by atoms with Crippen LogP contribution in [-0.4, -0.2) is 111 Å². The van der Waals surface area contributed by atoms with E-state index in [1.165, 1.54) is 24.3 Å². The summed E-state index contributed by atoms with van der Waals surface area (Å²) in [5.74, 6) is -12.9. The summed E-state index contributed by atoms with van der Waals surface area (Å²) in [7, 11) is 0. The average molecular weight is 1040 g/mol. The first kappa shape index (κ1) is 55.1. The molecule has 0 aliphatic carbocycles. The van der Waals surface area contributed by atoms with Crippen LogP contribution in [-0.2, 0) is 35.3 Å². The fraction of sp³-hybridized carbons (Fsp3) is 0.159. The predicted molar refractivity (Wildman–Crippen MR) is 271 cm³/mol. The summed E-state index contributed by atoms with van der Waals surface area (Å²) >= 11 is 0. The molecule has 0 radical (unpaired) electrons. The maximum Gasteiger partial charge on any atom is 0.338 e. The molecule has 5 aromatic carbocycles. The Bertz CT molecular complexity index is 3100. The van der Waals surface area contributed by atoms with Gasteiger partial charge >= 0.3 is 5.97 Å². The summed E-state index contributed by atoms with van der Waals surface area (Å²) in [4.78, 5) is 121. The second-order valence-electron chi connectivity index (χ2n) is 15.7. The van der Waals surface area contributed by atoms with Crippen LogP contribution in [0.4, 0.5) is 11.4 Å². The number of anilines is 1. The molecule has 31 heteroatoms. The van der Waals surface area contributed by atoms with E-state index in [4.69, 9.17) is 51.6 Å². The van der Waals surface area contributed by atoms with Gasteiger partial charge in [-0.15, -0.1) is 0 Å². The van der Waals surface area contributed by atoms with Gasteiger partial charge in [-0.3, -0.25) is 38.9 Å². The fourth-order valence-corrected chi connectivity index (χ4v) is 7.21. The minimum Gasteiger partial charge on any atom is -0.478 e. The molecule has 25 N–H and O–H groups in total. The number of rotatable bonds is 22. The Kier molecular flexibility index (Phi) is 17.9. The minimum atomic E-state index is -2.38. The molecule has 0 aliphatic rings. The molecule has 392 valence electrons. The first-order valence-electron chi connectivity index (χ1n) is 21.5. The summed E-state index contributed by atoms with van der Waals surface area (Å²) in [5, 5.41) is 47.7. The van der Waals surface area contributed by atoms with E-state index in [0.29, 0.717) is 16.3 Å². The molecule has 0 saturated heterocycles. The summed E-state index contributed by atoms with van der Waals surface area (Å²) in [6.45, 7) is -0.406. The number of carbonyl (C=O) groups excluding carboxylic acids is 6. The standard InChI is InChI=1S/C44H50N20O11/c45-29(65)30(59-41(46)47)55-35(67)32(61-43(50)51)57-37(69)33(62-44(52)53)58-36(68)31(60-42(48)49)56-34(66)28(19-8-2-1-3-9-19)54-38(70)39(71)63(27-15-14-22(64(74)75)17-25(27)40(72)73)18-26-23-12-6-4-10-20(23)16-21-11-5-7-13-24(21)26/h1-17,28,30-33,39,71H,18H2,(H2,45,65)(H,54,70)(H,55,67)(H,56,66)(H,57,69)(H,58,68)(H,72,73)(H4,46,47,59)(H4,48,49,60)(H4,50,51,61)(H4,52,53,62). The van der Waals surface area contributed by atoms with Gasteiger partial charge in [0.25, 0.3) is 35.2 Å². The molecule has 0 fully saturated rings. The number of amides is 6. The number of nitrogens with one attached hydrogen (secondary N) is 5. The van der Waals surface area contributed by atoms with E-state index in [-0.39, 0.29) is 11.3 Å². The molecule has 0 aliphatic heterocycles. The van der Waals surface area contributed by atoms with Gasteiger partial charge in [0.2, 0.25) is 36.8 Å². The van der Waals surface area contributed by atoms with Crippen molar-refractivity contribution in [3.63, 3.8) is 0 Å². The number of non-ortho nitro benzene ring substituents is 1. The zero-order valence-electron chi connectivity index (χ0n) is 38.9. The highest BCUT2D eigenvalue weighted by molar-refractivity contribution is 6.04. The second-order valence-corrected chi connectivity index (χ2v) is 15.7. The smallest absolute Gasteiger partial charge is 0.338 e. The molecule has 6 atom stereocenters. The van der Waals surface area contributed by atoms with Gasteiger partial charge in [0, 0.05) is 18.7 Å². The van der Waals surface area contributed by atoms with E-state index in [1.54, 1.807) is 42.5 Å². The monoisotopic (exact) mass is 1030 g/mol. The van der Waals surface area contributed by atoms with Crippen LogP contribution >= 0.6 is 0 Å². The average Bonchev–Trinajstić information content (AvgIpc) is 3.35. The molecule has 75 heavy (non-hydrogen) atoms. The van der Waals surface area contributed by atoms with Crippen LogP contribution in [0.15, 0.2) is 123 Å². The lowest BCUT2D eigenvalue weighted by molar-refractivity contribution is -0.384. The number of hydrogen-bond acceptors (Lipinski definition) is 15. The number of aliphatic imine (C=N–C) groups is 4. The molecule has 5 aromatic rings. The van der Waals surface area contributed by atoms with Gasteiger partial charge in [-0.05, 0) is 44.8 Å². The Morgan fingerprint density at radius 3 is 1.41 bits per heavy atom. The zero-order valence-corrected chi connectivity index (χ0v) is 38.9. The maximum absolute atomic E-state index is 14.5. The third-order valence-electron chi connectivity index (χ3n) is 10.4. The first-order valence-corrected chi connectivity index (χ1v) is 21.5. The normalized spacial score (nSPS) is 13.1. The number of benzene rings is 5. The summed E-state index contributed by atoms with van der Waals surface area (Å²) in [6, 6.07) is 24.3. The van der Waals surface area contributed by atoms with Crippen molar-refractivity contribution in [2.75, 3.05) is 4.90 Å². The van der Waals surface area contributed by atoms with Gasteiger partial charge in [0.05, 0.1) is 16.2 Å². The van der Waals surface area contributed by atoms with Crippen LogP contribution in [0.5, 0.6) is 0 Å². The van der Waals surface area contributed by atoms with E-state index in [0.717, 1.165) is 33.9 Å². The number of nitrogens with two attached hydrogens (primary N) is 9. The van der Waals surface area contributed by atoms with Crippen LogP contribution < -0.4 is 83.1 Å². The van der Waals surface area contributed by atoms with Crippen molar-refractivity contribution in [3.05, 3.63) is 130 Å². The van der Waals surface area contributed by atoms with Crippen molar-refractivity contribution >= 4 is 98.2 Å². The number of aliphatic hydroxyl groups excluding tert-OH is 1. The highest BCUT2D eigenvalue weighted by Gasteiger charge is 2.36. The van der Waals surface area contributed by atoms with Crippen LogP contribution in [0.3, 0.4) is 0 Å². The molecule has 0 aromatic heterocycles. The molecule has 31 nitrogen and oxygen atoms in total. The number of aromatic carboxylic acids is 1. The fourth-order valence-electron chi connectivity index (χ4n) is 7.21. The Balaban J connectivity index is 1.50. The van der Waals surface area contributed by atoms with Crippen molar-refractivity contribution in [2.45, 2.75) is 43.5 Å². The third-order valence-corrected chi connectivity index (χ3v) is 10.4. The van der Waals surface area contributed by atoms with E-state index in [2.05, 4.69) is 35.9 Å². The van der Waals surface area contributed by atoms with Gasteiger partial charge in [-0.2, -0.15) is 0 Å². The number of carboxylic acid groups (broad SMARTS) is 1. The van der Waals surface area contributed by atoms with Gasteiger partial charge < -0.3 is 93.3 Å². The molecule has 0 spiro atoms. The molecule has 0 bridgehead atoms. The van der Waals surface area contributed by atoms with Crippen LogP contribution in [0.2, 0.25) is 0 Å². The summed E-state index contributed by atoms with van der Waals surface area (Å²) < 4.78 is 0. The number of nitro groups is 1. The van der Waals surface area contributed by atoms with Crippen LogP contribution in [0.25, 0.3) is 21.5 Å². The van der Waals surface area contributed by atoms with Crippen molar-refractivity contribution in [2.24, 2.45) is 71.6 Å². The zero-order chi connectivity index (χ0) is 55.3. The summed E-state index contributed by atoms with van der Waals surface area (Å²) in [6.07, 6.45) is -10.8. The SMILES string of the molecule is NC(=O)C(N=C(N)N)NC(=O)C(N=C(N)N)NC(=O)C(N=C(N)N)NC(=O)C(N=C(N)N)NC(=O)C(NC(=O)C(O)N(Cc1c2ccccc2cc2ccccc12)c1ccc([N+](=O)[O-])cc1C(=O)O)c1ccccc1. The Hall–Kier alpha value is -10.9. The lowest BCUT2D eigenvalue weighted by atomic mass is 9.96. The Morgan fingerprint density at radius 1 is 0.547 bits per heavy atom. The van der Waals surface area contributed by atoms with E-state index >= 15 is 0 Å². The number of nitro benzene ring substituents is 1. The van der Waals surface area contributed by atoms with Crippen LogP contribution in [0, 0.1) is 10.1 Å². The number of carboxylic acids is 1. The second kappa shape index (κ2) is 24.3. The lowest BCUT2D eigenvalue weighted by Gasteiger charge is -2.32. The van der Waals surface area contributed by atoms with E-state index in [9.17, 15) is 53.9 Å². The number of guanidine groups is 4. The van der Waals surface area contributed by atoms with E-state index < -0.39 is 125 Å². The highest BCUT2D eigenvalue weighted by atomic mass is 16.6. The number of aliphatic hydroxyl groups is 1. The molecule has 6 amide bonds. The number of carbonyl (C=O) groups is 7. The molecule has 6 unspecified atom stereocenters. The third kappa shape index (κ3) is 14.4. The van der Waals surface area contributed by atoms with Gasteiger partial charge in [-0.1, -0.05) is 78.9 Å². The Labute approximate surface area is 422 Å². The topological polar surface area (TPSA) is 550 Å². The minimum absolute atomic E-state index is 0.0211. The largest absolute Gasteiger partial charge is 0.478 e. The maximum atomic E-state index is 14.5. The number of primary amides is 1. The number of fused-ring (bicyclic) bond motifs is 2. The van der Waals surface area contributed by atoms with Gasteiger partial charge in [0.15, 0.2) is 23.8 Å². The van der Waals surface area contributed by atoms with Crippen molar-refractivity contribution < 1.29 is 48.7 Å². The quantitative estimate of drug-likeness (QED) is 0.00772. The van der Waals surface area contributed by atoms with E-state index in [1.807, 2.05) is 28.8 Å². The summed E-state index contributed by atoms with van der Waals surface area (Å²) in [5.41, 5.74) is 47.9. The van der Waals surface area contributed by atoms with Gasteiger partial charge in [-0.25, -0.2) is 24.8 Å². The first-order chi connectivity index (χ1) is 35.4. The van der Waals surface area contributed by atoms with Crippen molar-refractivity contribution in [1.82, 2.24) is 26.6 Å². The predicted octanol–water partition coefficient (Wildman–Crippen LogP) is -4.87. The Morgan fingerprint density at radius 2 is 0.973 bits per heavy atom. The van der Waals surface area contributed by atoms with Crippen molar-refractivity contribution in [1.29, 1.82) is 0 Å². The molecule has 0 saturated carbocycles. The number of hydrogen-bond donors (Lipinski definition) is 16. The van der Waals surface area contributed by atoms with Crippen molar-refractivity contribution in [3.8, 4) is 0 Å². The molecular weight excluding hydrogens is 985 g/mol. The molecule has 0 heterocycles.